The van der Waals surface area contributed by atoms with Gasteiger partial charge >= 0.3 is 12.0 Å². The highest BCUT2D eigenvalue weighted by atomic mass is 16.4. The fourth-order valence-electron chi connectivity index (χ4n) is 3.45. The molecule has 5 heteroatoms. The van der Waals surface area contributed by atoms with Crippen molar-refractivity contribution < 1.29 is 14.7 Å². The Balaban J connectivity index is 1.99. The van der Waals surface area contributed by atoms with Crippen molar-refractivity contribution in [3.05, 3.63) is 0 Å². The summed E-state index contributed by atoms with van der Waals surface area (Å²) in [6.07, 6.45) is 2.80. The normalized spacial score (nSPS) is 28.0. The Morgan fingerprint density at radius 3 is 2.30 bits per heavy atom. The second kappa shape index (κ2) is 4.93. The Hall–Kier alpha value is -1.26. The van der Waals surface area contributed by atoms with Gasteiger partial charge in [-0.15, -0.1) is 0 Å². The highest BCUT2D eigenvalue weighted by Crippen LogP contribution is 2.62. The molecule has 0 radical (unpaired) electrons. The van der Waals surface area contributed by atoms with Gasteiger partial charge in [-0.1, -0.05) is 27.7 Å². The minimum Gasteiger partial charge on any atom is -0.481 e. The molecule has 1 heterocycles. The number of carboxylic acids is 1. The van der Waals surface area contributed by atoms with Crippen molar-refractivity contribution in [2.45, 2.75) is 65.5 Å². The third-order valence-corrected chi connectivity index (χ3v) is 5.59. The van der Waals surface area contributed by atoms with Crippen LogP contribution in [0.4, 0.5) is 4.79 Å². The van der Waals surface area contributed by atoms with E-state index in [2.05, 4.69) is 33.0 Å². The van der Waals surface area contributed by atoms with E-state index in [1.807, 2.05) is 0 Å². The number of carbonyl (C=O) groups is 2. The van der Waals surface area contributed by atoms with Crippen molar-refractivity contribution in [3.8, 4) is 0 Å². The van der Waals surface area contributed by atoms with Gasteiger partial charge in [0.05, 0.1) is 6.42 Å². The summed E-state index contributed by atoms with van der Waals surface area (Å²) in [4.78, 5) is 25.1. The van der Waals surface area contributed by atoms with Crippen LogP contribution in [-0.4, -0.2) is 40.6 Å². The van der Waals surface area contributed by atoms with Gasteiger partial charge in [0.25, 0.3) is 0 Å². The molecule has 0 aromatic heterocycles. The lowest BCUT2D eigenvalue weighted by Gasteiger charge is -2.35. The Morgan fingerprint density at radius 2 is 1.80 bits per heavy atom. The molecule has 2 N–H and O–H groups in total. The van der Waals surface area contributed by atoms with Crippen LogP contribution in [0, 0.1) is 10.8 Å². The summed E-state index contributed by atoms with van der Waals surface area (Å²) in [5, 5.41) is 12.1. The third kappa shape index (κ3) is 2.50. The zero-order chi connectivity index (χ0) is 15.1. The fraction of sp³-hybridized carbons (Fsp3) is 0.867. The number of carbonyl (C=O) groups excluding carboxylic acids is 1. The zero-order valence-electron chi connectivity index (χ0n) is 12.9. The van der Waals surface area contributed by atoms with Crippen LogP contribution < -0.4 is 5.32 Å². The van der Waals surface area contributed by atoms with E-state index in [0.29, 0.717) is 6.54 Å². The molecule has 20 heavy (non-hydrogen) atoms. The quantitative estimate of drug-likeness (QED) is 0.835. The third-order valence-electron chi connectivity index (χ3n) is 5.59. The minimum absolute atomic E-state index is 0.0465. The van der Waals surface area contributed by atoms with Crippen LogP contribution >= 0.6 is 0 Å². The Kier molecular flexibility index (Phi) is 3.73. The Labute approximate surface area is 120 Å². The molecule has 0 aromatic carbocycles. The fourth-order valence-corrected chi connectivity index (χ4v) is 3.45. The summed E-state index contributed by atoms with van der Waals surface area (Å²) < 4.78 is 0. The van der Waals surface area contributed by atoms with Crippen molar-refractivity contribution in [1.29, 1.82) is 0 Å². The van der Waals surface area contributed by atoms with E-state index in [0.717, 1.165) is 19.3 Å². The van der Waals surface area contributed by atoms with Gasteiger partial charge in [0.15, 0.2) is 0 Å². The predicted octanol–water partition coefficient (Wildman–Crippen LogP) is 2.46. The highest BCUT2D eigenvalue weighted by molar-refractivity contribution is 5.77. The number of nitrogens with one attached hydrogen (secondary N) is 1. The number of nitrogens with zero attached hydrogens (tertiary/aromatic N) is 1. The molecule has 2 aliphatic rings. The summed E-state index contributed by atoms with van der Waals surface area (Å²) >= 11 is 0. The molecular weight excluding hydrogens is 256 g/mol. The summed E-state index contributed by atoms with van der Waals surface area (Å²) in [7, 11) is 0. The van der Waals surface area contributed by atoms with Gasteiger partial charge in [0.1, 0.15) is 0 Å². The predicted molar refractivity (Wildman–Crippen MR) is 76.5 cm³/mol. The van der Waals surface area contributed by atoms with Crippen LogP contribution in [0.1, 0.15) is 53.4 Å². The lowest BCUT2D eigenvalue weighted by molar-refractivity contribution is -0.138. The molecule has 0 bridgehead atoms. The molecular formula is C15H26N2O3. The first-order valence-electron chi connectivity index (χ1n) is 7.47. The second-order valence-electron chi connectivity index (χ2n) is 7.27. The van der Waals surface area contributed by atoms with E-state index in [4.69, 9.17) is 5.11 Å². The smallest absolute Gasteiger partial charge is 0.317 e. The molecule has 2 amide bonds. The summed E-state index contributed by atoms with van der Waals surface area (Å²) in [5.74, 6) is -0.832. The molecule has 114 valence electrons. The van der Waals surface area contributed by atoms with Crippen molar-refractivity contribution in [1.82, 2.24) is 10.2 Å². The molecule has 0 spiro atoms. The number of hydrogen-bond donors (Lipinski definition) is 2. The molecule has 5 nitrogen and oxygen atoms in total. The first-order chi connectivity index (χ1) is 9.18. The van der Waals surface area contributed by atoms with Crippen molar-refractivity contribution in [2.75, 3.05) is 6.54 Å². The van der Waals surface area contributed by atoms with Gasteiger partial charge in [-0.3, -0.25) is 4.79 Å². The van der Waals surface area contributed by atoms with E-state index in [1.165, 1.54) is 0 Å². The van der Waals surface area contributed by atoms with E-state index >= 15 is 0 Å². The van der Waals surface area contributed by atoms with Gasteiger partial charge in [-0.25, -0.2) is 4.79 Å². The Morgan fingerprint density at radius 1 is 1.20 bits per heavy atom. The van der Waals surface area contributed by atoms with Crippen molar-refractivity contribution in [3.63, 3.8) is 0 Å². The number of hydrogen-bond acceptors (Lipinski definition) is 2. The van der Waals surface area contributed by atoms with Crippen LogP contribution in [0.15, 0.2) is 0 Å². The maximum absolute atomic E-state index is 12.4. The van der Waals surface area contributed by atoms with Crippen LogP contribution in [0.25, 0.3) is 0 Å². The van der Waals surface area contributed by atoms with Gasteiger partial charge in [0, 0.05) is 18.6 Å². The van der Waals surface area contributed by atoms with E-state index in [-0.39, 0.29) is 35.4 Å². The van der Waals surface area contributed by atoms with Crippen LogP contribution in [-0.2, 0) is 4.79 Å². The topological polar surface area (TPSA) is 69.6 Å². The molecule has 1 aliphatic heterocycles. The highest BCUT2D eigenvalue weighted by Gasteiger charge is 2.65. The monoisotopic (exact) mass is 282 g/mol. The van der Waals surface area contributed by atoms with E-state index < -0.39 is 5.97 Å². The maximum atomic E-state index is 12.4. The summed E-state index contributed by atoms with van der Waals surface area (Å²) in [6, 6.07) is -0.0965. The molecule has 1 saturated heterocycles. The van der Waals surface area contributed by atoms with Gasteiger partial charge in [-0.05, 0) is 30.1 Å². The number of rotatable bonds is 3. The van der Waals surface area contributed by atoms with Crippen molar-refractivity contribution >= 4 is 12.0 Å². The number of urea groups is 1. The van der Waals surface area contributed by atoms with Crippen LogP contribution in [0.2, 0.25) is 0 Å². The number of aliphatic carboxylic acids is 1. The first kappa shape index (κ1) is 15.1. The molecule has 1 saturated carbocycles. The number of piperidine rings is 1. The summed E-state index contributed by atoms with van der Waals surface area (Å²) in [5.41, 5.74) is 0.196. The SMILES string of the molecule is CC1(C)C(NC(=O)N2CCCCC2CC(=O)O)C1(C)C. The van der Waals surface area contributed by atoms with Crippen LogP contribution in [0.5, 0.6) is 0 Å². The van der Waals surface area contributed by atoms with E-state index in [9.17, 15) is 9.59 Å². The second-order valence-corrected chi connectivity index (χ2v) is 7.27. The zero-order valence-corrected chi connectivity index (χ0v) is 12.9. The average molecular weight is 282 g/mol. The molecule has 1 aliphatic carbocycles. The molecule has 0 aromatic rings. The van der Waals surface area contributed by atoms with Gasteiger partial charge < -0.3 is 15.3 Å². The number of carboxylic acid groups (broad SMARTS) is 1. The van der Waals surface area contributed by atoms with Gasteiger partial charge in [0.2, 0.25) is 0 Å². The lowest BCUT2D eigenvalue weighted by Crippen LogP contribution is -2.50. The lowest BCUT2D eigenvalue weighted by atomic mass is 10.00. The average Bonchev–Trinajstić information content (AvgIpc) is 2.71. The standard InChI is InChI=1S/C15H26N2O3/c1-14(2)12(15(14,3)4)16-13(20)17-8-6-5-7-10(17)9-11(18)19/h10,12H,5-9H2,1-4H3,(H,16,20)(H,18,19). The van der Waals surface area contributed by atoms with E-state index in [1.54, 1.807) is 4.90 Å². The largest absolute Gasteiger partial charge is 0.481 e. The molecule has 1 atom stereocenters. The van der Waals surface area contributed by atoms with Crippen LogP contribution in [0.3, 0.4) is 0 Å². The molecule has 1 unspecified atom stereocenters. The minimum atomic E-state index is -0.832. The molecule has 2 rings (SSSR count). The number of likely N-dealkylation sites (tertiary alicyclic amines) is 1. The molecule has 2 fully saturated rings. The van der Waals surface area contributed by atoms with Gasteiger partial charge in [-0.2, -0.15) is 0 Å². The maximum Gasteiger partial charge on any atom is 0.317 e. The summed E-state index contributed by atoms with van der Waals surface area (Å²) in [6.45, 7) is 9.29. The Bertz CT molecular complexity index is 403. The van der Waals surface area contributed by atoms with Crippen molar-refractivity contribution in [2.24, 2.45) is 10.8 Å². The first-order valence-corrected chi connectivity index (χ1v) is 7.47. The number of amides is 2.